The minimum absolute atomic E-state index is 0.586. The van der Waals surface area contributed by atoms with Crippen LogP contribution in [0, 0.1) is 96.9 Å². The Hall–Kier alpha value is -7.09. The van der Waals surface area contributed by atoms with E-state index in [0.29, 0.717) is 20.6 Å². The number of methoxy groups -OCH3 is 4. The molecule has 0 aromatic heterocycles. The highest BCUT2D eigenvalue weighted by atomic mass is 79.9. The van der Waals surface area contributed by atoms with Gasteiger partial charge >= 0.3 is 6.18 Å². The van der Waals surface area contributed by atoms with E-state index in [2.05, 4.69) is 115 Å². The Balaban J connectivity index is 0.000000590. The van der Waals surface area contributed by atoms with Gasteiger partial charge in [0.2, 0.25) is 0 Å². The molecule has 0 radical (unpaired) electrons. The van der Waals surface area contributed by atoms with E-state index in [1.54, 1.807) is 53.6 Å². The molecule has 0 aliphatic heterocycles. The van der Waals surface area contributed by atoms with E-state index >= 15 is 0 Å². The van der Waals surface area contributed by atoms with Gasteiger partial charge in [-0.15, -0.1) is 0 Å². The number of halogens is 13. The molecule has 4 nitrogen and oxygen atoms in total. The number of ether oxygens (including phenoxy) is 4. The molecule has 0 heterocycles. The fraction of sp³-hybridized carbons (Fsp3) is 0.209. The van der Waals surface area contributed by atoms with Crippen LogP contribution >= 0.6 is 125 Å². The maximum Gasteiger partial charge on any atom is 0.416 e. The molecule has 0 bridgehead atoms. The van der Waals surface area contributed by atoms with Gasteiger partial charge in [-0.25, -0.2) is 0 Å². The fourth-order valence-corrected chi connectivity index (χ4v) is 10.7. The summed E-state index contributed by atoms with van der Waals surface area (Å²) in [5.74, 6) is 3.32. The molecule has 12 aromatic rings. The van der Waals surface area contributed by atoms with Gasteiger partial charge in [0, 0.05) is 34.1 Å². The SMILES string of the molecule is COc1cc(C)cc(Cl)c1.COc1ccc(Cl)c(C)c1.COc1cccc(C)c1.COc1cccc(C)c1Cl.Cc1ccc(Cl)c(C)c1.Cc1cccc(Br)c1.Cc1cccc(C(F)(F)F)c1.Cc1cccc(C)c1.Cc1cccc(Cl)c1.Cc1cccc(Cl)c1Cl.Cc1ccccc1Br.Cc1ccccc1Cl. The Kier molecular flexibility index (Phi) is 50.7. The van der Waals surface area contributed by atoms with E-state index in [1.807, 2.05) is 231 Å². The van der Waals surface area contributed by atoms with Gasteiger partial charge in [0.25, 0.3) is 0 Å². The van der Waals surface area contributed by atoms with Gasteiger partial charge in [-0.1, -0.05) is 304 Å². The Labute approximate surface area is 698 Å². The van der Waals surface area contributed by atoms with Crippen LogP contribution in [0.3, 0.4) is 0 Å². The second-order valence-corrected chi connectivity index (χ2v) is 29.2. The summed E-state index contributed by atoms with van der Waals surface area (Å²) in [5, 5.41) is 5.97. The standard InChI is InChI=1S/3C8H9ClO.C8H9Cl.C8H7F3.C8H10O.C8H10.2C7H7Br.C7H6Cl2.2C7H7Cl/c1-6-3-7(9)5-8(4-6)10-2;1-6-5-7(10-2)3-4-8(6)9;1-6-4-3-5-7(10-2)8(6)9;1-6-3-4-8(9)7(2)5-6;1-6-3-2-4-7(5-6)8(9,10)11;1-7-4-3-5-8(6-7)9-2;1-7-4-3-5-8(2)6-7;1-6-3-2-4-7(8)5-6;1-6-4-2-3-5-7(6)8;1-5-3-2-4-6(8)7(5)9;1-6-3-2-4-7(8)5-6;1-6-4-2-3-5-7(6)8/h3*3-5H,1-2H3;3-5H,1-2H3;2-5H,1H3;3-6H,1-2H3;3-6H,1-2H3;2*2-5H,1H3;2-4H,1H3;2*2-5H,1H3. The van der Waals surface area contributed by atoms with Crippen LogP contribution in [-0.2, 0) is 6.18 Å². The largest absolute Gasteiger partial charge is 0.497 e. The molecule has 17 heteroatoms. The van der Waals surface area contributed by atoms with Crippen LogP contribution < -0.4 is 18.9 Å². The van der Waals surface area contributed by atoms with Crippen molar-refractivity contribution < 1.29 is 32.1 Å². The highest BCUT2D eigenvalue weighted by Gasteiger charge is 2.30. The van der Waals surface area contributed by atoms with Crippen LogP contribution in [0.1, 0.15) is 83.5 Å². The van der Waals surface area contributed by atoms with Crippen molar-refractivity contribution in [3.63, 3.8) is 0 Å². The van der Waals surface area contributed by atoms with Crippen molar-refractivity contribution in [2.24, 2.45) is 0 Å². The number of rotatable bonds is 4. The van der Waals surface area contributed by atoms with Crippen LogP contribution in [0.15, 0.2) is 270 Å². The molecule has 0 fully saturated rings. The van der Waals surface area contributed by atoms with E-state index in [1.165, 1.54) is 49.5 Å². The van der Waals surface area contributed by atoms with E-state index in [4.69, 9.17) is 112 Å². The van der Waals surface area contributed by atoms with Crippen LogP contribution in [-0.4, -0.2) is 28.4 Å². The Morgan fingerprint density at radius 1 is 0.259 bits per heavy atom. The van der Waals surface area contributed by atoms with Crippen LogP contribution in [0.25, 0.3) is 0 Å². The Morgan fingerprint density at radius 2 is 0.657 bits per heavy atom. The van der Waals surface area contributed by atoms with Crippen molar-refractivity contribution in [1.82, 2.24) is 0 Å². The third kappa shape index (κ3) is 45.2. The van der Waals surface area contributed by atoms with E-state index in [9.17, 15) is 13.2 Å². The molecule has 0 saturated carbocycles. The molecule has 0 unspecified atom stereocenters. The van der Waals surface area contributed by atoms with Gasteiger partial charge in [-0.05, 0) is 256 Å². The Bertz CT molecular complexity index is 4270. The fourth-order valence-electron chi connectivity index (χ4n) is 8.43. The van der Waals surface area contributed by atoms with Crippen molar-refractivity contribution in [2.75, 3.05) is 28.4 Å². The topological polar surface area (TPSA) is 36.9 Å². The first-order valence-corrected chi connectivity index (χ1v) is 38.2. The monoisotopic (exact) mass is 1750 g/mol. The highest BCUT2D eigenvalue weighted by Crippen LogP contribution is 2.30. The first-order valence-electron chi connectivity index (χ1n) is 33.6. The zero-order valence-electron chi connectivity index (χ0n) is 64.4. The summed E-state index contributed by atoms with van der Waals surface area (Å²) in [6, 6.07) is 82.0. The van der Waals surface area contributed by atoms with Gasteiger partial charge in [-0.2, -0.15) is 13.2 Å². The molecule has 576 valence electrons. The molecule has 0 amide bonds. The van der Waals surface area contributed by atoms with Gasteiger partial charge in [-0.3, -0.25) is 0 Å². The van der Waals surface area contributed by atoms with Gasteiger partial charge < -0.3 is 18.9 Å². The third-order valence-electron chi connectivity index (χ3n) is 14.3. The molecule has 12 aromatic carbocycles. The number of alkyl halides is 3. The zero-order valence-corrected chi connectivity index (χ0v) is 73.6. The first kappa shape index (κ1) is 98.9. The summed E-state index contributed by atoms with van der Waals surface area (Å²) in [6.07, 6.45) is -4.22. The lowest BCUT2D eigenvalue weighted by Gasteiger charge is -2.05. The lowest BCUT2D eigenvalue weighted by Crippen LogP contribution is -2.04. The highest BCUT2D eigenvalue weighted by molar-refractivity contribution is 9.10. The molecule has 0 aliphatic carbocycles. The number of hydrogen-bond acceptors (Lipinski definition) is 4. The maximum atomic E-state index is 12.0. The van der Waals surface area contributed by atoms with Crippen LogP contribution in [0.2, 0.25) is 40.2 Å². The third-order valence-corrected chi connectivity index (χ3v) is 18.8. The normalized spacial score (nSPS) is 9.62. The number of hydrogen-bond donors (Lipinski definition) is 0. The molecule has 0 aliphatic rings. The van der Waals surface area contributed by atoms with Gasteiger partial charge in [0.05, 0.1) is 49.1 Å². The van der Waals surface area contributed by atoms with Gasteiger partial charge in [0.1, 0.15) is 23.0 Å². The summed E-state index contributed by atoms with van der Waals surface area (Å²) < 4.78 is 58.2. The van der Waals surface area contributed by atoms with E-state index < -0.39 is 11.7 Å². The minimum atomic E-state index is -4.22. The number of aryl methyl sites for hydroxylation is 14. The molecule has 0 saturated heterocycles. The lowest BCUT2D eigenvalue weighted by molar-refractivity contribution is -0.137. The molecule has 0 atom stereocenters. The summed E-state index contributed by atoms with van der Waals surface area (Å²) in [6.45, 7) is 27.9. The molecule has 0 spiro atoms. The first-order chi connectivity index (χ1) is 50.9. The predicted octanol–water partition coefficient (Wildman–Crippen LogP) is 32.4. The van der Waals surface area contributed by atoms with Crippen molar-refractivity contribution in [3.8, 4) is 23.0 Å². The second-order valence-electron chi connectivity index (χ2n) is 24.1. The Morgan fingerprint density at radius 3 is 1.01 bits per heavy atom. The smallest absolute Gasteiger partial charge is 0.416 e. The van der Waals surface area contributed by atoms with E-state index in [-0.39, 0.29) is 0 Å². The second kappa shape index (κ2) is 55.3. The summed E-state index contributed by atoms with van der Waals surface area (Å²) in [4.78, 5) is 0. The summed E-state index contributed by atoms with van der Waals surface area (Å²) in [5.41, 5.74) is 15.5. The van der Waals surface area contributed by atoms with E-state index in [0.717, 1.165) is 98.1 Å². The quantitative estimate of drug-likeness (QED) is 0.176. The van der Waals surface area contributed by atoms with Crippen molar-refractivity contribution in [2.45, 2.75) is 103 Å². The molecular formula is C91H97Br2Cl8F3O4. The zero-order chi connectivity index (χ0) is 81.5. The van der Waals surface area contributed by atoms with Crippen LogP contribution in [0.5, 0.6) is 23.0 Å². The summed E-state index contributed by atoms with van der Waals surface area (Å²) in [7, 11) is 6.56. The lowest BCUT2D eigenvalue weighted by atomic mass is 10.1. The number of benzene rings is 12. The molecule has 12 rings (SSSR count). The average Bonchev–Trinajstić information content (AvgIpc) is 0.951. The minimum Gasteiger partial charge on any atom is -0.497 e. The van der Waals surface area contributed by atoms with Crippen molar-refractivity contribution >= 4 is 125 Å². The summed E-state index contributed by atoms with van der Waals surface area (Å²) >= 11 is 52.7. The molecular weight excluding hydrogens is 1660 g/mol. The van der Waals surface area contributed by atoms with Gasteiger partial charge in [0.15, 0.2) is 0 Å². The predicted molar refractivity (Wildman–Crippen MR) is 470 cm³/mol. The molecule has 108 heavy (non-hydrogen) atoms. The maximum absolute atomic E-state index is 12.0. The van der Waals surface area contributed by atoms with Crippen molar-refractivity contribution in [3.05, 3.63) is 393 Å². The molecule has 0 N–H and O–H groups in total. The average molecular weight is 1760 g/mol. The van der Waals surface area contributed by atoms with Crippen molar-refractivity contribution in [1.29, 1.82) is 0 Å². The van der Waals surface area contributed by atoms with Crippen LogP contribution in [0.4, 0.5) is 13.2 Å².